The second kappa shape index (κ2) is 4.84. The Morgan fingerprint density at radius 2 is 1.82 bits per heavy atom. The van der Waals surface area contributed by atoms with Gasteiger partial charge in [0.15, 0.2) is 0 Å². The van der Waals surface area contributed by atoms with Crippen LogP contribution >= 0.6 is 0 Å². The van der Waals surface area contributed by atoms with E-state index in [9.17, 15) is 18.0 Å². The molecule has 2 aliphatic rings. The molecule has 2 fully saturated rings. The van der Waals surface area contributed by atoms with E-state index in [0.717, 1.165) is 25.7 Å². The molecule has 98 valence electrons. The molecule has 2 rings (SSSR count). The van der Waals surface area contributed by atoms with Crippen molar-refractivity contribution in [3.8, 4) is 0 Å². The maximum Gasteiger partial charge on any atom is 0.394 e. The number of nitrogens with one attached hydrogen (secondary N) is 1. The first-order valence-corrected chi connectivity index (χ1v) is 6.03. The first kappa shape index (κ1) is 12.7. The van der Waals surface area contributed by atoms with Gasteiger partial charge in [-0.3, -0.25) is 9.69 Å². The average Bonchev–Trinajstić information content (AvgIpc) is 2.61. The van der Waals surface area contributed by atoms with E-state index in [2.05, 4.69) is 5.32 Å². The lowest BCUT2D eigenvalue weighted by Gasteiger charge is -2.39. The predicted molar refractivity (Wildman–Crippen MR) is 56.4 cm³/mol. The Morgan fingerprint density at radius 3 is 2.35 bits per heavy atom. The Morgan fingerprint density at radius 1 is 1.24 bits per heavy atom. The second-order valence-electron chi connectivity index (χ2n) is 4.98. The van der Waals surface area contributed by atoms with Gasteiger partial charge in [-0.2, -0.15) is 13.2 Å². The number of hydrogen-bond acceptors (Lipinski definition) is 2. The fourth-order valence-electron chi connectivity index (χ4n) is 2.45. The van der Waals surface area contributed by atoms with Crippen molar-refractivity contribution >= 4 is 5.91 Å². The zero-order valence-corrected chi connectivity index (χ0v) is 9.59. The van der Waals surface area contributed by atoms with Crippen LogP contribution in [0.5, 0.6) is 0 Å². The van der Waals surface area contributed by atoms with Crippen molar-refractivity contribution in [1.82, 2.24) is 10.2 Å². The van der Waals surface area contributed by atoms with Gasteiger partial charge < -0.3 is 5.32 Å². The summed E-state index contributed by atoms with van der Waals surface area (Å²) in [4.78, 5) is 13.1. The van der Waals surface area contributed by atoms with Crippen molar-refractivity contribution in [1.29, 1.82) is 0 Å². The highest BCUT2D eigenvalue weighted by Gasteiger charge is 2.47. The summed E-state index contributed by atoms with van der Waals surface area (Å²) in [6, 6.07) is 0.238. The van der Waals surface area contributed by atoms with Crippen LogP contribution in [0.3, 0.4) is 0 Å². The molecule has 1 amide bonds. The fraction of sp³-hybridized carbons (Fsp3) is 0.909. The van der Waals surface area contributed by atoms with E-state index in [0.29, 0.717) is 0 Å². The number of carbonyl (C=O) groups excluding carboxylic acids is 1. The van der Waals surface area contributed by atoms with Crippen LogP contribution in [0.4, 0.5) is 13.2 Å². The molecule has 0 spiro atoms. The van der Waals surface area contributed by atoms with Crippen LogP contribution in [0.2, 0.25) is 0 Å². The maximum absolute atomic E-state index is 12.2. The molecule has 6 heteroatoms. The van der Waals surface area contributed by atoms with Crippen molar-refractivity contribution < 1.29 is 18.0 Å². The monoisotopic (exact) mass is 250 g/mol. The predicted octanol–water partition coefficient (Wildman–Crippen LogP) is 1.54. The minimum Gasteiger partial charge on any atom is -0.352 e. The summed E-state index contributed by atoms with van der Waals surface area (Å²) in [7, 11) is 0. The third-order valence-electron chi connectivity index (χ3n) is 3.51. The van der Waals surface area contributed by atoms with Crippen LogP contribution in [0.15, 0.2) is 0 Å². The minimum absolute atomic E-state index is 0.0401. The van der Waals surface area contributed by atoms with Gasteiger partial charge in [0.1, 0.15) is 0 Å². The quantitative estimate of drug-likeness (QED) is 0.824. The number of alkyl halides is 3. The zero-order chi connectivity index (χ0) is 12.5. The van der Waals surface area contributed by atoms with E-state index >= 15 is 0 Å². The van der Waals surface area contributed by atoms with Crippen molar-refractivity contribution in [2.24, 2.45) is 5.92 Å². The average molecular weight is 250 g/mol. The molecule has 1 N–H and O–H groups in total. The Labute approximate surface area is 98.3 Å². The van der Waals surface area contributed by atoms with Crippen LogP contribution in [0.1, 0.15) is 25.7 Å². The normalized spacial score (nSPS) is 23.7. The third-order valence-corrected chi connectivity index (χ3v) is 3.51. The first-order chi connectivity index (χ1) is 7.95. The number of likely N-dealkylation sites (tertiary alicyclic amines) is 1. The molecule has 1 saturated carbocycles. The molecule has 0 aromatic carbocycles. The lowest BCUT2D eigenvalue weighted by atomic mass is 10.00. The topological polar surface area (TPSA) is 32.3 Å². The number of halogens is 3. The summed E-state index contributed by atoms with van der Waals surface area (Å²) < 4.78 is 36.6. The van der Waals surface area contributed by atoms with E-state index in [1.54, 1.807) is 4.90 Å². The lowest BCUT2D eigenvalue weighted by Crippen LogP contribution is -2.56. The molecule has 0 radical (unpaired) electrons. The minimum atomic E-state index is -4.11. The summed E-state index contributed by atoms with van der Waals surface area (Å²) >= 11 is 0. The SMILES string of the molecule is O=C(CN1CC(C(F)(F)F)C1)NC1CCCC1. The zero-order valence-electron chi connectivity index (χ0n) is 9.59. The summed E-state index contributed by atoms with van der Waals surface area (Å²) in [5.74, 6) is -1.39. The smallest absolute Gasteiger partial charge is 0.352 e. The highest BCUT2D eigenvalue weighted by Crippen LogP contribution is 2.33. The van der Waals surface area contributed by atoms with Gasteiger partial charge in [0.2, 0.25) is 5.91 Å². The molecule has 0 aromatic rings. The first-order valence-electron chi connectivity index (χ1n) is 6.03. The summed E-state index contributed by atoms with van der Waals surface area (Å²) in [5.41, 5.74) is 0. The van der Waals surface area contributed by atoms with Crippen molar-refractivity contribution in [2.75, 3.05) is 19.6 Å². The van der Waals surface area contributed by atoms with Gasteiger partial charge in [0, 0.05) is 19.1 Å². The fourth-order valence-corrected chi connectivity index (χ4v) is 2.45. The maximum atomic E-state index is 12.2. The van der Waals surface area contributed by atoms with Crippen molar-refractivity contribution in [3.63, 3.8) is 0 Å². The molecule has 0 bridgehead atoms. The Bertz CT molecular complexity index is 281. The van der Waals surface area contributed by atoms with E-state index < -0.39 is 12.1 Å². The molecule has 1 heterocycles. The number of nitrogens with zero attached hydrogens (tertiary/aromatic N) is 1. The molecule has 1 aliphatic carbocycles. The largest absolute Gasteiger partial charge is 0.394 e. The number of hydrogen-bond donors (Lipinski definition) is 1. The number of carbonyl (C=O) groups is 1. The van der Waals surface area contributed by atoms with Gasteiger partial charge in [-0.15, -0.1) is 0 Å². The van der Waals surface area contributed by atoms with Gasteiger partial charge in [0.25, 0.3) is 0 Å². The highest BCUT2D eigenvalue weighted by molar-refractivity contribution is 5.78. The van der Waals surface area contributed by atoms with Gasteiger partial charge in [-0.25, -0.2) is 0 Å². The van der Waals surface area contributed by atoms with E-state index in [1.807, 2.05) is 0 Å². The van der Waals surface area contributed by atoms with Gasteiger partial charge in [-0.1, -0.05) is 12.8 Å². The number of amides is 1. The standard InChI is InChI=1S/C11H17F3N2O/c12-11(13,14)8-5-16(6-8)7-10(17)15-9-3-1-2-4-9/h8-9H,1-7H2,(H,15,17). The Kier molecular flexibility index (Phi) is 3.61. The van der Waals surface area contributed by atoms with E-state index in [1.165, 1.54) is 0 Å². The van der Waals surface area contributed by atoms with Gasteiger partial charge in [0.05, 0.1) is 12.5 Å². The van der Waals surface area contributed by atoms with Crippen LogP contribution in [-0.2, 0) is 4.79 Å². The molecule has 1 aliphatic heterocycles. The molecule has 1 saturated heterocycles. The molecule has 0 unspecified atom stereocenters. The van der Waals surface area contributed by atoms with Gasteiger partial charge >= 0.3 is 6.18 Å². The second-order valence-corrected chi connectivity index (χ2v) is 4.98. The van der Waals surface area contributed by atoms with Crippen LogP contribution < -0.4 is 5.32 Å². The molecule has 3 nitrogen and oxygen atoms in total. The van der Waals surface area contributed by atoms with E-state index in [4.69, 9.17) is 0 Å². The Hall–Kier alpha value is -0.780. The molecular formula is C11H17F3N2O. The number of rotatable bonds is 3. The third kappa shape index (κ3) is 3.34. The van der Waals surface area contributed by atoms with Crippen LogP contribution in [-0.4, -0.2) is 42.7 Å². The van der Waals surface area contributed by atoms with Crippen LogP contribution in [0, 0.1) is 5.92 Å². The summed E-state index contributed by atoms with van der Waals surface area (Å²) in [6.45, 7) is 0.0201. The summed E-state index contributed by atoms with van der Waals surface area (Å²) in [5, 5.41) is 2.87. The summed E-state index contributed by atoms with van der Waals surface area (Å²) in [6.07, 6.45) is 0.141. The molecule has 17 heavy (non-hydrogen) atoms. The molecule has 0 atom stereocenters. The highest BCUT2D eigenvalue weighted by atomic mass is 19.4. The van der Waals surface area contributed by atoms with Crippen molar-refractivity contribution in [3.05, 3.63) is 0 Å². The van der Waals surface area contributed by atoms with Gasteiger partial charge in [-0.05, 0) is 12.8 Å². The van der Waals surface area contributed by atoms with Crippen molar-refractivity contribution in [2.45, 2.75) is 37.9 Å². The lowest BCUT2D eigenvalue weighted by molar-refractivity contribution is -0.209. The molecule has 0 aromatic heterocycles. The van der Waals surface area contributed by atoms with Crippen LogP contribution in [0.25, 0.3) is 0 Å². The molecular weight excluding hydrogens is 233 g/mol. The van der Waals surface area contributed by atoms with E-state index in [-0.39, 0.29) is 31.6 Å². The Balaban J connectivity index is 1.64.